The molecule has 0 aliphatic carbocycles. The first-order valence-electron chi connectivity index (χ1n) is 3.18. The second kappa shape index (κ2) is 3.05. The van der Waals surface area contributed by atoms with E-state index < -0.39 is 0 Å². The van der Waals surface area contributed by atoms with Crippen molar-refractivity contribution < 1.29 is 9.21 Å². The molecular formula is C7H8ClNO2. The molecule has 0 saturated heterocycles. The summed E-state index contributed by atoms with van der Waals surface area (Å²) in [6, 6.07) is 0. The third-order valence-corrected chi connectivity index (χ3v) is 1.52. The van der Waals surface area contributed by atoms with Gasteiger partial charge in [0.1, 0.15) is 0 Å². The van der Waals surface area contributed by atoms with Gasteiger partial charge in [0.05, 0.1) is 11.6 Å². The predicted octanol–water partition coefficient (Wildman–Crippen LogP) is 1.71. The Labute approximate surface area is 69.4 Å². The first-order valence-corrected chi connectivity index (χ1v) is 3.71. The standard InChI is InChI=1S/C7H8ClNO2/c1-4-7(6(10)3-8)11-5(2)9-4/h3H2,1-2H3. The molecule has 1 aromatic heterocycles. The first kappa shape index (κ1) is 8.27. The largest absolute Gasteiger partial charge is 0.438 e. The van der Waals surface area contributed by atoms with Crippen LogP contribution in [-0.4, -0.2) is 16.6 Å². The fraction of sp³-hybridized carbons (Fsp3) is 0.429. The summed E-state index contributed by atoms with van der Waals surface area (Å²) < 4.78 is 5.02. The highest BCUT2D eigenvalue weighted by molar-refractivity contribution is 6.30. The number of hydrogen-bond acceptors (Lipinski definition) is 3. The van der Waals surface area contributed by atoms with Gasteiger partial charge in [0.15, 0.2) is 11.7 Å². The Kier molecular flexibility index (Phi) is 2.29. The highest BCUT2D eigenvalue weighted by atomic mass is 35.5. The van der Waals surface area contributed by atoms with E-state index in [1.54, 1.807) is 13.8 Å². The van der Waals surface area contributed by atoms with E-state index >= 15 is 0 Å². The zero-order valence-corrected chi connectivity index (χ0v) is 7.10. The van der Waals surface area contributed by atoms with Gasteiger partial charge in [0.2, 0.25) is 5.78 Å². The molecule has 1 heterocycles. The first-order chi connectivity index (χ1) is 5.15. The Morgan fingerprint density at radius 2 is 2.27 bits per heavy atom. The lowest BCUT2D eigenvalue weighted by molar-refractivity contribution is 0.0988. The zero-order valence-electron chi connectivity index (χ0n) is 6.35. The number of oxazole rings is 1. The maximum absolute atomic E-state index is 11.0. The smallest absolute Gasteiger partial charge is 0.214 e. The van der Waals surface area contributed by atoms with Crippen LogP contribution in [0.4, 0.5) is 0 Å². The summed E-state index contributed by atoms with van der Waals surface area (Å²) in [7, 11) is 0. The summed E-state index contributed by atoms with van der Waals surface area (Å²) in [5, 5.41) is 0. The van der Waals surface area contributed by atoms with Crippen molar-refractivity contribution in [2.45, 2.75) is 13.8 Å². The molecule has 3 nitrogen and oxygen atoms in total. The van der Waals surface area contributed by atoms with Crippen molar-refractivity contribution in [3.05, 3.63) is 17.3 Å². The van der Waals surface area contributed by atoms with E-state index in [-0.39, 0.29) is 17.4 Å². The molecule has 0 unspecified atom stereocenters. The quantitative estimate of drug-likeness (QED) is 0.505. The molecule has 0 atom stereocenters. The predicted molar refractivity (Wildman–Crippen MR) is 41.0 cm³/mol. The lowest BCUT2D eigenvalue weighted by Crippen LogP contribution is -2.00. The second-order valence-electron chi connectivity index (χ2n) is 2.20. The van der Waals surface area contributed by atoms with E-state index in [1.165, 1.54) is 0 Å². The third kappa shape index (κ3) is 1.60. The molecule has 0 aromatic carbocycles. The number of rotatable bonds is 2. The van der Waals surface area contributed by atoms with E-state index in [0.29, 0.717) is 11.6 Å². The summed E-state index contributed by atoms with van der Waals surface area (Å²) in [5.74, 6) is 0.494. The normalized spacial score (nSPS) is 10.1. The van der Waals surface area contributed by atoms with Crippen LogP contribution in [-0.2, 0) is 0 Å². The Bertz CT molecular complexity index is 280. The van der Waals surface area contributed by atoms with E-state index in [2.05, 4.69) is 4.98 Å². The zero-order chi connectivity index (χ0) is 8.43. The minimum absolute atomic E-state index is 0.0600. The van der Waals surface area contributed by atoms with Crippen molar-refractivity contribution in [1.29, 1.82) is 0 Å². The van der Waals surface area contributed by atoms with Crippen LogP contribution in [0.3, 0.4) is 0 Å². The van der Waals surface area contributed by atoms with Crippen LogP contribution < -0.4 is 0 Å². The Morgan fingerprint density at radius 3 is 2.64 bits per heavy atom. The minimum atomic E-state index is -0.218. The van der Waals surface area contributed by atoms with Crippen LogP contribution in [0.5, 0.6) is 0 Å². The van der Waals surface area contributed by atoms with Crippen LogP contribution in [0, 0.1) is 13.8 Å². The van der Waals surface area contributed by atoms with E-state index in [0.717, 1.165) is 0 Å². The van der Waals surface area contributed by atoms with Crippen molar-refractivity contribution in [2.24, 2.45) is 0 Å². The number of ketones is 1. The number of halogens is 1. The molecule has 60 valence electrons. The number of aromatic nitrogens is 1. The summed E-state index contributed by atoms with van der Waals surface area (Å²) in [5.41, 5.74) is 0.605. The summed E-state index contributed by atoms with van der Waals surface area (Å²) in [6.45, 7) is 3.41. The number of aryl methyl sites for hydroxylation is 2. The number of alkyl halides is 1. The third-order valence-electron chi connectivity index (χ3n) is 1.28. The lowest BCUT2D eigenvalue weighted by atomic mass is 10.3. The molecular weight excluding hydrogens is 166 g/mol. The number of carbonyl (C=O) groups excluding carboxylic acids is 1. The molecule has 0 fully saturated rings. The van der Waals surface area contributed by atoms with Crippen LogP contribution in [0.1, 0.15) is 22.1 Å². The molecule has 11 heavy (non-hydrogen) atoms. The number of Topliss-reactive ketones (excluding diaryl/α,β-unsaturated/α-hetero) is 1. The van der Waals surface area contributed by atoms with Gasteiger partial charge in [-0.25, -0.2) is 4.98 Å². The molecule has 0 aliphatic rings. The summed E-state index contributed by atoms with van der Waals surface area (Å²) in [6.07, 6.45) is 0. The van der Waals surface area contributed by atoms with Gasteiger partial charge in [-0.05, 0) is 6.92 Å². The maximum atomic E-state index is 11.0. The molecule has 1 rings (SSSR count). The molecule has 4 heteroatoms. The van der Waals surface area contributed by atoms with Crippen LogP contribution in [0.25, 0.3) is 0 Å². The van der Waals surface area contributed by atoms with Crippen molar-refractivity contribution in [3.8, 4) is 0 Å². The molecule has 1 aromatic rings. The fourth-order valence-corrected chi connectivity index (χ4v) is 0.972. The van der Waals surface area contributed by atoms with Crippen LogP contribution >= 0.6 is 11.6 Å². The average Bonchev–Trinajstić information content (AvgIpc) is 2.28. The minimum Gasteiger partial charge on any atom is -0.438 e. The Hall–Kier alpha value is -0.830. The van der Waals surface area contributed by atoms with E-state index in [9.17, 15) is 4.79 Å². The van der Waals surface area contributed by atoms with Gasteiger partial charge >= 0.3 is 0 Å². The highest BCUT2D eigenvalue weighted by Crippen LogP contribution is 2.10. The van der Waals surface area contributed by atoms with E-state index in [1.807, 2.05) is 0 Å². The Balaban J connectivity index is 3.03. The fourth-order valence-electron chi connectivity index (χ4n) is 0.851. The SMILES string of the molecule is Cc1nc(C)c(C(=O)CCl)o1. The number of nitrogens with zero attached hydrogens (tertiary/aromatic N) is 1. The van der Waals surface area contributed by atoms with Gasteiger partial charge < -0.3 is 4.42 Å². The molecule has 0 radical (unpaired) electrons. The van der Waals surface area contributed by atoms with Gasteiger partial charge in [0, 0.05) is 6.92 Å². The maximum Gasteiger partial charge on any atom is 0.214 e. The molecule has 0 aliphatic heterocycles. The number of carbonyl (C=O) groups is 1. The molecule has 0 spiro atoms. The summed E-state index contributed by atoms with van der Waals surface area (Å²) in [4.78, 5) is 14.9. The molecule has 0 saturated carbocycles. The number of hydrogen-bond donors (Lipinski definition) is 0. The second-order valence-corrected chi connectivity index (χ2v) is 2.47. The Morgan fingerprint density at radius 1 is 1.64 bits per heavy atom. The van der Waals surface area contributed by atoms with E-state index in [4.69, 9.17) is 16.0 Å². The van der Waals surface area contributed by atoms with Crippen molar-refractivity contribution in [2.75, 3.05) is 5.88 Å². The highest BCUT2D eigenvalue weighted by Gasteiger charge is 2.13. The monoisotopic (exact) mass is 173 g/mol. The van der Waals surface area contributed by atoms with Gasteiger partial charge in [0.25, 0.3) is 0 Å². The molecule has 0 N–H and O–H groups in total. The van der Waals surface area contributed by atoms with Crippen molar-refractivity contribution in [3.63, 3.8) is 0 Å². The molecule has 0 bridgehead atoms. The average molecular weight is 174 g/mol. The van der Waals surface area contributed by atoms with Crippen LogP contribution in [0.2, 0.25) is 0 Å². The van der Waals surface area contributed by atoms with Crippen molar-refractivity contribution in [1.82, 2.24) is 4.98 Å². The van der Waals surface area contributed by atoms with Gasteiger partial charge in [-0.3, -0.25) is 4.79 Å². The van der Waals surface area contributed by atoms with Crippen LogP contribution in [0.15, 0.2) is 4.42 Å². The van der Waals surface area contributed by atoms with Gasteiger partial charge in [-0.2, -0.15) is 0 Å². The topological polar surface area (TPSA) is 43.1 Å². The summed E-state index contributed by atoms with van der Waals surface area (Å²) >= 11 is 5.33. The van der Waals surface area contributed by atoms with Crippen molar-refractivity contribution >= 4 is 17.4 Å². The van der Waals surface area contributed by atoms with Gasteiger partial charge in [-0.1, -0.05) is 0 Å². The van der Waals surface area contributed by atoms with Gasteiger partial charge in [-0.15, -0.1) is 11.6 Å². The lowest BCUT2D eigenvalue weighted by Gasteiger charge is -1.88. The molecule has 0 amide bonds.